The number of rotatable bonds is 9. The van der Waals surface area contributed by atoms with Gasteiger partial charge in [0.15, 0.2) is 0 Å². The maximum Gasteiger partial charge on any atom is 0.323 e. The van der Waals surface area contributed by atoms with Gasteiger partial charge in [-0.05, 0) is 25.2 Å². The number of aromatic nitrogens is 3. The first kappa shape index (κ1) is 15.5. The van der Waals surface area contributed by atoms with Crippen molar-refractivity contribution in [3.05, 3.63) is 0 Å². The molecular formula is C13H25N5O. The summed E-state index contributed by atoms with van der Waals surface area (Å²) in [6, 6.07) is 0.368. The molecule has 0 fully saturated rings. The molecule has 0 aliphatic heterocycles. The lowest BCUT2D eigenvalue weighted by Crippen LogP contribution is -2.11. The Labute approximate surface area is 115 Å². The van der Waals surface area contributed by atoms with E-state index in [0.29, 0.717) is 24.5 Å². The summed E-state index contributed by atoms with van der Waals surface area (Å²) in [4.78, 5) is 12.6. The molecule has 108 valence electrons. The molecule has 1 aromatic rings. The van der Waals surface area contributed by atoms with E-state index < -0.39 is 0 Å². The molecule has 0 unspecified atom stereocenters. The molecule has 0 aromatic carbocycles. The van der Waals surface area contributed by atoms with E-state index in [-0.39, 0.29) is 0 Å². The lowest BCUT2D eigenvalue weighted by Gasteiger charge is -2.09. The molecule has 0 bridgehead atoms. The lowest BCUT2D eigenvalue weighted by molar-refractivity contribution is 0.292. The molecule has 0 aliphatic carbocycles. The van der Waals surface area contributed by atoms with Gasteiger partial charge in [-0.1, -0.05) is 20.8 Å². The number of hydrogen-bond donors (Lipinski definition) is 2. The van der Waals surface area contributed by atoms with E-state index in [1.54, 1.807) is 7.05 Å². The van der Waals surface area contributed by atoms with Crippen molar-refractivity contribution in [3.63, 3.8) is 0 Å². The third-order valence-electron chi connectivity index (χ3n) is 2.52. The molecule has 0 saturated heterocycles. The molecule has 6 heteroatoms. The summed E-state index contributed by atoms with van der Waals surface area (Å²) in [5, 5.41) is 6.12. The Kier molecular flexibility index (Phi) is 6.92. The van der Waals surface area contributed by atoms with Crippen LogP contribution >= 0.6 is 0 Å². The zero-order chi connectivity index (χ0) is 14.1. The quantitative estimate of drug-likeness (QED) is 0.670. The zero-order valence-corrected chi connectivity index (χ0v) is 12.4. The summed E-state index contributed by atoms with van der Waals surface area (Å²) in [7, 11) is 1.78. The highest BCUT2D eigenvalue weighted by Crippen LogP contribution is 2.11. The van der Waals surface area contributed by atoms with E-state index in [1.807, 2.05) is 6.92 Å². The van der Waals surface area contributed by atoms with E-state index in [9.17, 15) is 0 Å². The van der Waals surface area contributed by atoms with Crippen LogP contribution in [0.4, 0.5) is 11.9 Å². The van der Waals surface area contributed by atoms with Crippen molar-refractivity contribution in [2.45, 2.75) is 40.0 Å². The van der Waals surface area contributed by atoms with Crippen LogP contribution in [0, 0.1) is 5.92 Å². The summed E-state index contributed by atoms with van der Waals surface area (Å²) in [5.41, 5.74) is 0. The zero-order valence-electron chi connectivity index (χ0n) is 12.4. The molecule has 6 nitrogen and oxygen atoms in total. The van der Waals surface area contributed by atoms with Gasteiger partial charge in [-0.2, -0.15) is 15.0 Å². The molecule has 0 saturated carbocycles. The van der Waals surface area contributed by atoms with Crippen LogP contribution < -0.4 is 15.4 Å². The summed E-state index contributed by atoms with van der Waals surface area (Å²) in [6.45, 7) is 7.96. The van der Waals surface area contributed by atoms with Crippen LogP contribution in [0.5, 0.6) is 6.01 Å². The molecule has 0 atom stereocenters. The Morgan fingerprint density at radius 3 is 2.53 bits per heavy atom. The van der Waals surface area contributed by atoms with Crippen LogP contribution in [-0.2, 0) is 0 Å². The Morgan fingerprint density at radius 2 is 1.89 bits per heavy atom. The standard InChI is InChI=1S/C13H25N5O/c1-5-9-19-13-17-11(14-4)16-12(18-13)15-8-6-7-10(2)3/h10H,5-9H2,1-4H3,(H2,14,15,16,17,18). The fraction of sp³-hybridized carbons (Fsp3) is 0.769. The van der Waals surface area contributed by atoms with Crippen LogP contribution in [0.1, 0.15) is 40.0 Å². The van der Waals surface area contributed by atoms with Crippen molar-refractivity contribution in [1.29, 1.82) is 0 Å². The van der Waals surface area contributed by atoms with Gasteiger partial charge in [0.25, 0.3) is 0 Å². The third-order valence-corrected chi connectivity index (χ3v) is 2.52. The minimum Gasteiger partial charge on any atom is -0.463 e. The number of nitrogens with one attached hydrogen (secondary N) is 2. The van der Waals surface area contributed by atoms with Crippen LogP contribution in [0.15, 0.2) is 0 Å². The van der Waals surface area contributed by atoms with E-state index in [1.165, 1.54) is 6.42 Å². The molecule has 2 N–H and O–H groups in total. The first-order chi connectivity index (χ1) is 9.15. The molecule has 0 aliphatic rings. The van der Waals surface area contributed by atoms with Crippen molar-refractivity contribution in [3.8, 4) is 6.01 Å². The summed E-state index contributed by atoms with van der Waals surface area (Å²) in [5.74, 6) is 1.80. The fourth-order valence-corrected chi connectivity index (χ4v) is 1.52. The Hall–Kier alpha value is -1.59. The van der Waals surface area contributed by atoms with E-state index in [4.69, 9.17) is 4.74 Å². The molecule has 19 heavy (non-hydrogen) atoms. The van der Waals surface area contributed by atoms with E-state index in [0.717, 1.165) is 25.3 Å². The minimum absolute atomic E-state index is 0.368. The average Bonchev–Trinajstić information content (AvgIpc) is 2.41. The second-order valence-corrected chi connectivity index (χ2v) is 4.83. The van der Waals surface area contributed by atoms with Crippen LogP contribution in [0.2, 0.25) is 0 Å². The summed E-state index contributed by atoms with van der Waals surface area (Å²) in [6.07, 6.45) is 3.22. The predicted molar refractivity (Wildman–Crippen MR) is 77.7 cm³/mol. The molecular weight excluding hydrogens is 242 g/mol. The first-order valence-corrected chi connectivity index (χ1v) is 6.96. The lowest BCUT2D eigenvalue weighted by atomic mass is 10.1. The number of ether oxygens (including phenoxy) is 1. The first-order valence-electron chi connectivity index (χ1n) is 6.96. The van der Waals surface area contributed by atoms with Crippen molar-refractivity contribution >= 4 is 11.9 Å². The van der Waals surface area contributed by atoms with Crippen molar-refractivity contribution < 1.29 is 4.74 Å². The number of hydrogen-bond acceptors (Lipinski definition) is 6. The van der Waals surface area contributed by atoms with E-state index in [2.05, 4.69) is 39.4 Å². The van der Waals surface area contributed by atoms with Gasteiger partial charge in [-0.3, -0.25) is 0 Å². The molecule has 0 radical (unpaired) electrons. The summed E-state index contributed by atoms with van der Waals surface area (Å²) >= 11 is 0. The normalized spacial score (nSPS) is 10.6. The molecule has 1 aromatic heterocycles. The second-order valence-electron chi connectivity index (χ2n) is 4.83. The van der Waals surface area contributed by atoms with Crippen LogP contribution in [-0.4, -0.2) is 35.2 Å². The largest absolute Gasteiger partial charge is 0.463 e. The number of anilines is 2. The van der Waals surface area contributed by atoms with Gasteiger partial charge in [0.05, 0.1) is 6.61 Å². The Morgan fingerprint density at radius 1 is 1.16 bits per heavy atom. The average molecular weight is 267 g/mol. The van der Waals surface area contributed by atoms with Crippen molar-refractivity contribution in [1.82, 2.24) is 15.0 Å². The minimum atomic E-state index is 0.368. The van der Waals surface area contributed by atoms with Gasteiger partial charge in [0.2, 0.25) is 11.9 Å². The van der Waals surface area contributed by atoms with Gasteiger partial charge in [-0.15, -0.1) is 0 Å². The molecule has 1 heterocycles. The van der Waals surface area contributed by atoms with Gasteiger partial charge in [-0.25, -0.2) is 0 Å². The number of nitrogens with zero attached hydrogens (tertiary/aromatic N) is 3. The predicted octanol–water partition coefficient (Wildman–Crippen LogP) is 2.55. The third kappa shape index (κ3) is 6.22. The SMILES string of the molecule is CCCOc1nc(NC)nc(NCCCC(C)C)n1. The van der Waals surface area contributed by atoms with Crippen molar-refractivity contribution in [2.24, 2.45) is 5.92 Å². The topological polar surface area (TPSA) is 72.0 Å². The monoisotopic (exact) mass is 267 g/mol. The highest BCUT2D eigenvalue weighted by molar-refractivity contribution is 5.35. The van der Waals surface area contributed by atoms with Gasteiger partial charge < -0.3 is 15.4 Å². The highest BCUT2D eigenvalue weighted by Gasteiger charge is 2.06. The van der Waals surface area contributed by atoms with Gasteiger partial charge in [0.1, 0.15) is 0 Å². The fourth-order valence-electron chi connectivity index (χ4n) is 1.52. The molecule has 0 amide bonds. The maximum atomic E-state index is 5.44. The smallest absolute Gasteiger partial charge is 0.323 e. The molecule has 1 rings (SSSR count). The van der Waals surface area contributed by atoms with Gasteiger partial charge in [0, 0.05) is 13.6 Å². The Bertz CT molecular complexity index is 370. The van der Waals surface area contributed by atoms with Gasteiger partial charge >= 0.3 is 6.01 Å². The van der Waals surface area contributed by atoms with Crippen molar-refractivity contribution in [2.75, 3.05) is 30.8 Å². The van der Waals surface area contributed by atoms with Crippen LogP contribution in [0.3, 0.4) is 0 Å². The van der Waals surface area contributed by atoms with E-state index >= 15 is 0 Å². The maximum absolute atomic E-state index is 5.44. The summed E-state index contributed by atoms with van der Waals surface area (Å²) < 4.78 is 5.44. The highest BCUT2D eigenvalue weighted by atomic mass is 16.5. The Balaban J connectivity index is 2.55. The second kappa shape index (κ2) is 8.50. The van der Waals surface area contributed by atoms with Crippen LogP contribution in [0.25, 0.3) is 0 Å². The molecule has 0 spiro atoms.